The number of ketones is 1. The first-order valence-corrected chi connectivity index (χ1v) is 12.0. The van der Waals surface area contributed by atoms with Gasteiger partial charge in [-0.3, -0.25) is 14.2 Å². The lowest BCUT2D eigenvalue weighted by atomic mass is 10.1. The summed E-state index contributed by atoms with van der Waals surface area (Å²) in [6, 6.07) is 21.1. The highest BCUT2D eigenvalue weighted by Gasteiger charge is 2.18. The SMILES string of the molecule is CC(=O)NCCCc1nnc(SCC(=O)c2ccc(Cl)cc2)n1-c1cccc2ccccc12. The standard InChI is InChI=1S/C25H23ClN4O2S/c1-17(31)27-15-5-10-24-28-29-25(33-16-23(32)19-11-13-20(26)14-12-19)30(24)22-9-4-7-18-6-2-3-8-21(18)22/h2-4,6-9,11-14H,5,10,15-16H2,1H3,(H,27,31). The molecule has 0 saturated heterocycles. The molecule has 0 saturated carbocycles. The van der Waals surface area contributed by atoms with Crippen LogP contribution in [-0.4, -0.2) is 38.8 Å². The summed E-state index contributed by atoms with van der Waals surface area (Å²) in [5, 5.41) is 15.1. The molecule has 168 valence electrons. The molecule has 0 aliphatic heterocycles. The second kappa shape index (κ2) is 10.6. The van der Waals surface area contributed by atoms with Crippen LogP contribution in [0.3, 0.4) is 0 Å². The normalized spacial score (nSPS) is 11.0. The van der Waals surface area contributed by atoms with Gasteiger partial charge in [-0.25, -0.2) is 0 Å². The summed E-state index contributed by atoms with van der Waals surface area (Å²) in [4.78, 5) is 23.9. The minimum absolute atomic E-state index is 0.00338. The zero-order valence-corrected chi connectivity index (χ0v) is 19.7. The van der Waals surface area contributed by atoms with Crippen molar-refractivity contribution < 1.29 is 9.59 Å². The van der Waals surface area contributed by atoms with Gasteiger partial charge in [0.15, 0.2) is 10.9 Å². The fraction of sp³-hybridized carbons (Fsp3) is 0.200. The average molecular weight is 479 g/mol. The topological polar surface area (TPSA) is 76.9 Å². The molecule has 1 amide bonds. The maximum absolute atomic E-state index is 12.7. The summed E-state index contributed by atoms with van der Waals surface area (Å²) < 4.78 is 2.02. The Morgan fingerprint density at radius 1 is 1.00 bits per heavy atom. The Kier molecular flexibility index (Phi) is 7.42. The Labute approximate surface area is 201 Å². The molecule has 0 aliphatic carbocycles. The predicted octanol–water partition coefficient (Wildman–Crippen LogP) is 5.12. The maximum Gasteiger partial charge on any atom is 0.216 e. The van der Waals surface area contributed by atoms with E-state index in [-0.39, 0.29) is 17.4 Å². The van der Waals surface area contributed by atoms with E-state index in [2.05, 4.69) is 33.7 Å². The summed E-state index contributed by atoms with van der Waals surface area (Å²) in [6.07, 6.45) is 1.37. The lowest BCUT2D eigenvalue weighted by Gasteiger charge is -2.13. The van der Waals surface area contributed by atoms with Gasteiger partial charge in [0.25, 0.3) is 0 Å². The minimum atomic E-state index is -0.0533. The number of rotatable bonds is 9. The first-order chi connectivity index (χ1) is 16.0. The molecule has 6 nitrogen and oxygen atoms in total. The van der Waals surface area contributed by atoms with Gasteiger partial charge < -0.3 is 5.32 Å². The number of hydrogen-bond donors (Lipinski definition) is 1. The largest absolute Gasteiger partial charge is 0.356 e. The minimum Gasteiger partial charge on any atom is -0.356 e. The number of fused-ring (bicyclic) bond motifs is 1. The molecule has 0 radical (unpaired) electrons. The van der Waals surface area contributed by atoms with Crippen molar-refractivity contribution in [3.05, 3.63) is 83.1 Å². The third kappa shape index (κ3) is 5.61. The number of carbonyl (C=O) groups excluding carboxylic acids is 2. The van der Waals surface area contributed by atoms with E-state index in [0.29, 0.717) is 28.7 Å². The third-order valence-corrected chi connectivity index (χ3v) is 6.34. The Morgan fingerprint density at radius 2 is 1.76 bits per heavy atom. The molecule has 1 heterocycles. The van der Waals surface area contributed by atoms with Gasteiger partial charge >= 0.3 is 0 Å². The van der Waals surface area contributed by atoms with E-state index >= 15 is 0 Å². The van der Waals surface area contributed by atoms with E-state index in [0.717, 1.165) is 28.7 Å². The average Bonchev–Trinajstić information content (AvgIpc) is 3.22. The maximum atomic E-state index is 12.7. The van der Waals surface area contributed by atoms with E-state index < -0.39 is 0 Å². The molecule has 3 aromatic carbocycles. The number of carbonyl (C=O) groups is 2. The van der Waals surface area contributed by atoms with Crippen molar-refractivity contribution >= 4 is 45.8 Å². The van der Waals surface area contributed by atoms with Gasteiger partial charge in [0.2, 0.25) is 5.91 Å². The number of thioether (sulfide) groups is 1. The zero-order valence-electron chi connectivity index (χ0n) is 18.1. The number of halogens is 1. The van der Waals surface area contributed by atoms with Gasteiger partial charge in [-0.05, 0) is 42.1 Å². The van der Waals surface area contributed by atoms with E-state index in [4.69, 9.17) is 11.6 Å². The van der Waals surface area contributed by atoms with Crippen molar-refractivity contribution in [2.24, 2.45) is 0 Å². The van der Waals surface area contributed by atoms with Crippen LogP contribution in [0, 0.1) is 0 Å². The van der Waals surface area contributed by atoms with Crippen molar-refractivity contribution in [3.63, 3.8) is 0 Å². The van der Waals surface area contributed by atoms with Crippen LogP contribution in [0.4, 0.5) is 0 Å². The Morgan fingerprint density at radius 3 is 2.55 bits per heavy atom. The molecule has 0 spiro atoms. The molecule has 0 bridgehead atoms. The molecule has 8 heteroatoms. The third-order valence-electron chi connectivity index (χ3n) is 5.16. The highest BCUT2D eigenvalue weighted by Crippen LogP contribution is 2.29. The summed E-state index contributed by atoms with van der Waals surface area (Å²) in [5.74, 6) is 0.966. The smallest absolute Gasteiger partial charge is 0.216 e. The molecule has 0 unspecified atom stereocenters. The molecular formula is C25H23ClN4O2S. The van der Waals surface area contributed by atoms with Crippen LogP contribution in [0.25, 0.3) is 16.5 Å². The molecule has 4 aromatic rings. The number of aromatic nitrogens is 3. The predicted molar refractivity (Wildman–Crippen MR) is 132 cm³/mol. The Balaban J connectivity index is 1.63. The summed E-state index contributed by atoms with van der Waals surface area (Å²) >= 11 is 7.30. The van der Waals surface area contributed by atoms with Crippen LogP contribution in [-0.2, 0) is 11.2 Å². The summed E-state index contributed by atoms with van der Waals surface area (Å²) in [6.45, 7) is 2.07. The monoisotopic (exact) mass is 478 g/mol. The molecule has 1 aromatic heterocycles. The van der Waals surface area contributed by atoms with Gasteiger partial charge in [-0.15, -0.1) is 10.2 Å². The zero-order chi connectivity index (χ0) is 23.2. The van der Waals surface area contributed by atoms with Gasteiger partial charge in [0, 0.05) is 35.9 Å². The van der Waals surface area contributed by atoms with Crippen LogP contribution >= 0.6 is 23.4 Å². The number of amides is 1. The lowest BCUT2D eigenvalue weighted by molar-refractivity contribution is -0.118. The fourth-order valence-corrected chi connectivity index (χ4v) is 4.55. The summed E-state index contributed by atoms with van der Waals surface area (Å²) in [5.41, 5.74) is 1.58. The second-order valence-electron chi connectivity index (χ2n) is 7.54. The van der Waals surface area contributed by atoms with Crippen LogP contribution in [0.2, 0.25) is 5.02 Å². The number of hydrogen-bond acceptors (Lipinski definition) is 5. The van der Waals surface area contributed by atoms with E-state index in [1.807, 2.05) is 28.8 Å². The first kappa shape index (κ1) is 23.0. The molecule has 0 aliphatic rings. The van der Waals surface area contributed by atoms with E-state index in [9.17, 15) is 9.59 Å². The van der Waals surface area contributed by atoms with Crippen LogP contribution in [0.5, 0.6) is 0 Å². The number of aryl methyl sites for hydroxylation is 1. The van der Waals surface area contributed by atoms with Crippen molar-refractivity contribution in [2.45, 2.75) is 24.9 Å². The Bertz CT molecular complexity index is 1280. The van der Waals surface area contributed by atoms with Gasteiger partial charge in [-0.1, -0.05) is 59.8 Å². The fourth-order valence-electron chi connectivity index (χ4n) is 3.56. The highest BCUT2D eigenvalue weighted by molar-refractivity contribution is 7.99. The van der Waals surface area contributed by atoms with Gasteiger partial charge in [0.05, 0.1) is 11.4 Å². The quantitative estimate of drug-likeness (QED) is 0.205. The van der Waals surface area contributed by atoms with Crippen molar-refractivity contribution in [1.82, 2.24) is 20.1 Å². The lowest BCUT2D eigenvalue weighted by Crippen LogP contribution is -2.21. The molecule has 33 heavy (non-hydrogen) atoms. The first-order valence-electron chi connectivity index (χ1n) is 10.6. The molecule has 4 rings (SSSR count). The van der Waals surface area contributed by atoms with Crippen molar-refractivity contribution in [3.8, 4) is 5.69 Å². The number of benzene rings is 3. The summed E-state index contributed by atoms with van der Waals surface area (Å²) in [7, 11) is 0. The van der Waals surface area contributed by atoms with E-state index in [1.54, 1.807) is 24.3 Å². The number of nitrogens with one attached hydrogen (secondary N) is 1. The number of Topliss-reactive ketones (excluding diaryl/α,β-unsaturated/α-hetero) is 1. The number of nitrogens with zero attached hydrogens (tertiary/aromatic N) is 3. The van der Waals surface area contributed by atoms with Crippen LogP contribution in [0.15, 0.2) is 71.9 Å². The molecule has 0 atom stereocenters. The highest BCUT2D eigenvalue weighted by atomic mass is 35.5. The molecular weight excluding hydrogens is 456 g/mol. The molecule has 0 fully saturated rings. The van der Waals surface area contributed by atoms with Crippen molar-refractivity contribution in [1.29, 1.82) is 0 Å². The van der Waals surface area contributed by atoms with Crippen LogP contribution < -0.4 is 5.32 Å². The van der Waals surface area contributed by atoms with E-state index in [1.165, 1.54) is 18.7 Å². The van der Waals surface area contributed by atoms with Gasteiger partial charge in [-0.2, -0.15) is 0 Å². The second-order valence-corrected chi connectivity index (χ2v) is 8.92. The van der Waals surface area contributed by atoms with Gasteiger partial charge in [0.1, 0.15) is 5.82 Å². The molecule has 1 N–H and O–H groups in total. The van der Waals surface area contributed by atoms with Crippen molar-refractivity contribution in [2.75, 3.05) is 12.3 Å². The van der Waals surface area contributed by atoms with Crippen LogP contribution in [0.1, 0.15) is 29.5 Å². The Hall–Kier alpha value is -3.16.